The highest BCUT2D eigenvalue weighted by atomic mass is 16.8. The zero-order chi connectivity index (χ0) is 33.9. The van der Waals surface area contributed by atoms with Gasteiger partial charge in [0.2, 0.25) is 0 Å². The number of rotatable bonds is 4. The predicted molar refractivity (Wildman–Crippen MR) is 168 cm³/mol. The van der Waals surface area contributed by atoms with E-state index in [4.69, 9.17) is 23.7 Å². The minimum atomic E-state index is -1.28. The molecule has 3 saturated heterocycles. The molecule has 2 bridgehead atoms. The summed E-state index contributed by atoms with van der Waals surface area (Å²) in [5.41, 5.74) is -1.52. The number of carbonyl (C=O) groups is 1. The van der Waals surface area contributed by atoms with E-state index in [0.29, 0.717) is 17.8 Å². The van der Waals surface area contributed by atoms with Gasteiger partial charge in [0, 0.05) is 18.3 Å². The van der Waals surface area contributed by atoms with Crippen LogP contribution in [0.15, 0.2) is 0 Å². The molecule has 8 fully saturated rings. The van der Waals surface area contributed by atoms with Gasteiger partial charge < -0.3 is 44.1 Å². The fraction of sp³-hybridized carbons (Fsp3) is 0.973. The minimum Gasteiger partial charge on any atom is -0.457 e. The highest BCUT2D eigenvalue weighted by Crippen LogP contribution is 2.90. The van der Waals surface area contributed by atoms with Gasteiger partial charge in [0.05, 0.1) is 24.4 Å². The summed E-state index contributed by atoms with van der Waals surface area (Å²) in [6, 6.07) is 0. The second kappa shape index (κ2) is 9.93. The maximum Gasteiger partial charge on any atom is 0.303 e. The monoisotopic (exact) mass is 662 g/mol. The third-order valence-corrected chi connectivity index (χ3v) is 16.2. The standard InChI is InChI=1S/C37H58O10/c1-18-15-21-28(32(5,6)42)47-37(46-21)27(18)33(7)13-14-36-17-35(36)12-11-24(45-29-25(40)26(44-19(2)38)20(39)16-43-29)31(3,4)22(35)9-10-23(36)34(33,8)30(37)41/h18,20-30,39-42H,9-17H2,1-8H3/t18-,20-,21-,22+,23+,24+,25-,26+,27-,28+,29+,30-,33-,34-,35-,36+,37+/m1/s1. The first-order chi connectivity index (χ1) is 21.8. The first-order valence-electron chi connectivity index (χ1n) is 18.4. The molecule has 5 aliphatic carbocycles. The zero-order valence-electron chi connectivity index (χ0n) is 29.5. The predicted octanol–water partition coefficient (Wildman–Crippen LogP) is 3.69. The molecule has 266 valence electrons. The molecule has 47 heavy (non-hydrogen) atoms. The van der Waals surface area contributed by atoms with Crippen LogP contribution in [0.25, 0.3) is 0 Å². The number of hydrogen-bond acceptors (Lipinski definition) is 10. The molecule has 10 nitrogen and oxygen atoms in total. The van der Waals surface area contributed by atoms with E-state index in [-0.39, 0.29) is 46.4 Å². The van der Waals surface area contributed by atoms with Crippen LogP contribution >= 0.6 is 0 Å². The molecule has 10 heteroatoms. The average molecular weight is 663 g/mol. The molecule has 0 radical (unpaired) electrons. The summed E-state index contributed by atoms with van der Waals surface area (Å²) in [6.45, 7) is 16.5. The summed E-state index contributed by atoms with van der Waals surface area (Å²) >= 11 is 0. The van der Waals surface area contributed by atoms with Gasteiger partial charge >= 0.3 is 5.97 Å². The topological polar surface area (TPSA) is 144 Å². The van der Waals surface area contributed by atoms with Crippen molar-refractivity contribution in [3.05, 3.63) is 0 Å². The van der Waals surface area contributed by atoms with Crippen LogP contribution in [0.4, 0.5) is 0 Å². The Bertz CT molecular complexity index is 1310. The number of fused-ring (bicyclic) bond motifs is 4. The lowest BCUT2D eigenvalue weighted by Crippen LogP contribution is -2.61. The lowest BCUT2D eigenvalue weighted by atomic mass is 9.41. The third kappa shape index (κ3) is 3.94. The number of aliphatic hydroxyl groups excluding tert-OH is 3. The van der Waals surface area contributed by atoms with Gasteiger partial charge in [0.25, 0.3) is 0 Å². The highest BCUT2D eigenvalue weighted by molar-refractivity contribution is 5.66. The molecule has 3 spiro atoms. The molecule has 5 saturated carbocycles. The highest BCUT2D eigenvalue weighted by Gasteiger charge is 2.88. The largest absolute Gasteiger partial charge is 0.457 e. The van der Waals surface area contributed by atoms with Gasteiger partial charge in [-0.1, -0.05) is 34.6 Å². The third-order valence-electron chi connectivity index (χ3n) is 16.2. The molecule has 17 atom stereocenters. The normalized spacial score (nSPS) is 58.8. The van der Waals surface area contributed by atoms with Crippen molar-refractivity contribution in [1.82, 2.24) is 0 Å². The van der Waals surface area contributed by atoms with Crippen LogP contribution in [0.5, 0.6) is 0 Å². The second-order valence-electron chi connectivity index (χ2n) is 18.9. The second-order valence-corrected chi connectivity index (χ2v) is 18.9. The van der Waals surface area contributed by atoms with Crippen LogP contribution in [0.2, 0.25) is 0 Å². The lowest BCUT2D eigenvalue weighted by Gasteiger charge is -2.63. The van der Waals surface area contributed by atoms with Gasteiger partial charge in [-0.3, -0.25) is 4.79 Å². The summed E-state index contributed by atoms with van der Waals surface area (Å²) in [7, 11) is 0. The Morgan fingerprint density at radius 3 is 2.30 bits per heavy atom. The van der Waals surface area contributed by atoms with Gasteiger partial charge in [-0.2, -0.15) is 0 Å². The SMILES string of the molecule is CC(=O)O[C@@H]1[C@@H](O)[C@H](O[C@H]2CC[C@]34C[C@]35CC[C@]3(C)[C@H]6[C@H](C)C[C@H]7O[C@@]6(O[C@@H]7C(C)(C)O)[C@H](O)[C@@]3(C)[C@@H]5CC[C@H]4C2(C)C)OC[C@H]1O. The number of carbonyl (C=O) groups excluding carboxylic acids is 1. The van der Waals surface area contributed by atoms with Crippen molar-refractivity contribution in [1.29, 1.82) is 0 Å². The van der Waals surface area contributed by atoms with Crippen molar-refractivity contribution < 1.29 is 48.9 Å². The van der Waals surface area contributed by atoms with E-state index in [1.807, 2.05) is 0 Å². The molecule has 0 aromatic heterocycles. The molecule has 4 N–H and O–H groups in total. The Morgan fingerprint density at radius 2 is 1.62 bits per heavy atom. The van der Waals surface area contributed by atoms with Crippen molar-refractivity contribution in [2.24, 2.45) is 50.7 Å². The molecule has 0 unspecified atom stereocenters. The Hall–Kier alpha value is -0.850. The van der Waals surface area contributed by atoms with Gasteiger partial charge in [0.1, 0.15) is 24.4 Å². The Kier molecular flexibility index (Phi) is 7.03. The Morgan fingerprint density at radius 1 is 0.936 bits per heavy atom. The molecule has 8 aliphatic rings. The van der Waals surface area contributed by atoms with Crippen molar-refractivity contribution in [2.75, 3.05) is 6.61 Å². The fourth-order valence-electron chi connectivity index (χ4n) is 14.3. The molecular weight excluding hydrogens is 604 g/mol. The maximum atomic E-state index is 12.7. The van der Waals surface area contributed by atoms with Crippen LogP contribution in [0, 0.1) is 50.7 Å². The first kappa shape index (κ1) is 33.3. The number of aliphatic hydroxyl groups is 4. The quantitative estimate of drug-likeness (QED) is 0.260. The van der Waals surface area contributed by atoms with Crippen molar-refractivity contribution in [2.45, 2.75) is 167 Å². The molecular formula is C37H58O10. The summed E-state index contributed by atoms with van der Waals surface area (Å²) in [5.74, 6) is -0.544. The van der Waals surface area contributed by atoms with E-state index in [9.17, 15) is 25.2 Å². The van der Waals surface area contributed by atoms with E-state index >= 15 is 0 Å². The Balaban J connectivity index is 1.07. The zero-order valence-corrected chi connectivity index (χ0v) is 29.5. The molecule has 3 aliphatic heterocycles. The summed E-state index contributed by atoms with van der Waals surface area (Å²) in [6.07, 6.45) is 1.94. The average Bonchev–Trinajstić information content (AvgIpc) is 3.49. The van der Waals surface area contributed by atoms with E-state index < -0.39 is 59.6 Å². The molecule has 0 aromatic carbocycles. The molecule has 3 heterocycles. The lowest BCUT2D eigenvalue weighted by molar-refractivity contribution is -0.304. The van der Waals surface area contributed by atoms with Crippen molar-refractivity contribution >= 4 is 5.97 Å². The van der Waals surface area contributed by atoms with Gasteiger partial charge in [-0.25, -0.2) is 0 Å². The van der Waals surface area contributed by atoms with Crippen molar-refractivity contribution in [3.63, 3.8) is 0 Å². The van der Waals surface area contributed by atoms with E-state index in [1.165, 1.54) is 6.92 Å². The van der Waals surface area contributed by atoms with Crippen LogP contribution in [-0.2, 0) is 28.5 Å². The number of ether oxygens (including phenoxy) is 5. The number of hydrogen-bond donors (Lipinski definition) is 4. The first-order valence-corrected chi connectivity index (χ1v) is 18.4. The number of esters is 1. The van der Waals surface area contributed by atoms with E-state index in [2.05, 4.69) is 34.6 Å². The summed E-state index contributed by atoms with van der Waals surface area (Å²) in [4.78, 5) is 11.7. The fourth-order valence-corrected chi connectivity index (χ4v) is 14.3. The van der Waals surface area contributed by atoms with Crippen LogP contribution in [0.1, 0.15) is 107 Å². The Labute approximate surface area is 279 Å². The van der Waals surface area contributed by atoms with Crippen LogP contribution in [0.3, 0.4) is 0 Å². The molecule has 0 amide bonds. The van der Waals surface area contributed by atoms with Crippen LogP contribution in [-0.4, -0.2) is 93.4 Å². The summed E-state index contributed by atoms with van der Waals surface area (Å²) < 4.78 is 31.3. The van der Waals surface area contributed by atoms with Crippen molar-refractivity contribution in [3.8, 4) is 0 Å². The van der Waals surface area contributed by atoms with Gasteiger partial charge in [-0.15, -0.1) is 0 Å². The molecule has 8 rings (SSSR count). The van der Waals surface area contributed by atoms with Gasteiger partial charge in [0.15, 0.2) is 18.2 Å². The van der Waals surface area contributed by atoms with Crippen LogP contribution < -0.4 is 0 Å². The maximum absolute atomic E-state index is 12.7. The van der Waals surface area contributed by atoms with Gasteiger partial charge in [-0.05, 0) is 105 Å². The smallest absolute Gasteiger partial charge is 0.303 e. The van der Waals surface area contributed by atoms with E-state index in [0.717, 1.165) is 51.4 Å². The van der Waals surface area contributed by atoms with E-state index in [1.54, 1.807) is 13.8 Å². The summed E-state index contributed by atoms with van der Waals surface area (Å²) in [5, 5.41) is 45.2. The molecule has 0 aromatic rings. The minimum absolute atomic E-state index is 0.0557.